The molecule has 1 saturated heterocycles. The van der Waals surface area contributed by atoms with Gasteiger partial charge in [-0.3, -0.25) is 14.4 Å². The predicted octanol–water partition coefficient (Wildman–Crippen LogP) is 3.14. The fourth-order valence-electron chi connectivity index (χ4n) is 3.26. The van der Waals surface area contributed by atoms with Gasteiger partial charge < -0.3 is 20.5 Å². The Labute approximate surface area is 169 Å². The van der Waals surface area contributed by atoms with Gasteiger partial charge in [-0.1, -0.05) is 36.4 Å². The molecule has 0 saturated carbocycles. The molecule has 2 amide bonds. The lowest BCUT2D eigenvalue weighted by Gasteiger charge is -2.19. The number of hydrogen-bond acceptors (Lipinski definition) is 4. The number of amides is 2. The zero-order valence-electron chi connectivity index (χ0n) is 16.0. The van der Waals surface area contributed by atoms with Crippen molar-refractivity contribution in [1.29, 1.82) is 0 Å². The lowest BCUT2D eigenvalue weighted by atomic mass is 10.0. The third kappa shape index (κ3) is 5.89. The van der Waals surface area contributed by atoms with E-state index < -0.39 is 18.1 Å². The molecule has 2 unspecified atom stereocenters. The molecule has 1 aliphatic rings. The standard InChI is InChI=1S/C22H24N2O5/c25-20(26)12-11-18(15-6-2-1-3-7-15)24-21(27)16-8-4-9-17(14-16)23-22(28)19-10-5-13-29-19/h1-4,6-9,14,18-19H,5,10-13H2,(H,23,28)(H,24,27)(H,25,26). The average molecular weight is 396 g/mol. The van der Waals surface area contributed by atoms with Crippen molar-refractivity contribution in [2.45, 2.75) is 37.8 Å². The predicted molar refractivity (Wildman–Crippen MR) is 108 cm³/mol. The van der Waals surface area contributed by atoms with Gasteiger partial charge in [0.05, 0.1) is 6.04 Å². The van der Waals surface area contributed by atoms with Crippen LogP contribution in [0, 0.1) is 0 Å². The van der Waals surface area contributed by atoms with Crippen molar-refractivity contribution in [3.8, 4) is 0 Å². The van der Waals surface area contributed by atoms with E-state index in [4.69, 9.17) is 9.84 Å². The van der Waals surface area contributed by atoms with Gasteiger partial charge in [0, 0.05) is 24.3 Å². The van der Waals surface area contributed by atoms with E-state index in [-0.39, 0.29) is 24.7 Å². The first-order valence-corrected chi connectivity index (χ1v) is 9.63. The summed E-state index contributed by atoms with van der Waals surface area (Å²) in [7, 11) is 0. The molecule has 0 spiro atoms. The molecule has 7 nitrogen and oxygen atoms in total. The minimum absolute atomic E-state index is 0.0582. The SMILES string of the molecule is O=C(O)CCC(NC(=O)c1cccc(NC(=O)C2CCCO2)c1)c1ccccc1. The van der Waals surface area contributed by atoms with E-state index in [9.17, 15) is 14.4 Å². The molecule has 152 valence electrons. The van der Waals surface area contributed by atoms with Crippen LogP contribution in [0.1, 0.15) is 47.6 Å². The Kier molecular flexibility index (Phi) is 6.97. The first-order chi connectivity index (χ1) is 14.0. The topological polar surface area (TPSA) is 105 Å². The van der Waals surface area contributed by atoms with E-state index in [0.29, 0.717) is 24.3 Å². The Bertz CT molecular complexity index is 863. The smallest absolute Gasteiger partial charge is 0.303 e. The van der Waals surface area contributed by atoms with Crippen molar-refractivity contribution in [3.05, 3.63) is 65.7 Å². The number of hydrogen-bond donors (Lipinski definition) is 3. The summed E-state index contributed by atoms with van der Waals surface area (Å²) in [6.07, 6.45) is 1.31. The number of carbonyl (C=O) groups is 3. The summed E-state index contributed by atoms with van der Waals surface area (Å²) in [5.41, 5.74) is 1.73. The van der Waals surface area contributed by atoms with Crippen molar-refractivity contribution in [2.24, 2.45) is 0 Å². The van der Waals surface area contributed by atoms with Crippen LogP contribution in [0.2, 0.25) is 0 Å². The molecule has 2 aromatic carbocycles. The molecule has 0 aliphatic carbocycles. The molecular formula is C22H24N2O5. The van der Waals surface area contributed by atoms with Gasteiger partial charge >= 0.3 is 5.97 Å². The summed E-state index contributed by atoms with van der Waals surface area (Å²) in [5.74, 6) is -1.47. The van der Waals surface area contributed by atoms with Crippen molar-refractivity contribution < 1.29 is 24.2 Å². The van der Waals surface area contributed by atoms with Gasteiger partial charge in [0.2, 0.25) is 0 Å². The second kappa shape index (κ2) is 9.84. The van der Waals surface area contributed by atoms with Crippen LogP contribution in [0.3, 0.4) is 0 Å². The third-order valence-electron chi connectivity index (χ3n) is 4.77. The molecular weight excluding hydrogens is 372 g/mol. The first kappa shape index (κ1) is 20.5. The van der Waals surface area contributed by atoms with Gasteiger partial charge in [0.15, 0.2) is 0 Å². The zero-order chi connectivity index (χ0) is 20.6. The van der Waals surface area contributed by atoms with Gasteiger partial charge in [0.25, 0.3) is 11.8 Å². The molecule has 3 rings (SSSR count). The van der Waals surface area contributed by atoms with Crippen molar-refractivity contribution in [2.75, 3.05) is 11.9 Å². The molecule has 2 aromatic rings. The maximum atomic E-state index is 12.8. The van der Waals surface area contributed by atoms with Gasteiger partial charge in [0.1, 0.15) is 6.10 Å². The highest BCUT2D eigenvalue weighted by atomic mass is 16.5. The number of rotatable bonds is 8. The fourth-order valence-corrected chi connectivity index (χ4v) is 3.26. The monoisotopic (exact) mass is 396 g/mol. The summed E-state index contributed by atoms with van der Waals surface area (Å²) in [6.45, 7) is 0.581. The van der Waals surface area contributed by atoms with Crippen LogP contribution in [-0.2, 0) is 14.3 Å². The quantitative estimate of drug-likeness (QED) is 0.636. The maximum Gasteiger partial charge on any atom is 0.303 e. The molecule has 3 N–H and O–H groups in total. The third-order valence-corrected chi connectivity index (χ3v) is 4.77. The van der Waals surface area contributed by atoms with E-state index in [0.717, 1.165) is 12.0 Å². The zero-order valence-corrected chi connectivity index (χ0v) is 16.0. The highest BCUT2D eigenvalue weighted by Crippen LogP contribution is 2.20. The Morgan fingerprint density at radius 1 is 1.10 bits per heavy atom. The number of nitrogens with one attached hydrogen (secondary N) is 2. The molecule has 1 heterocycles. The number of aliphatic carboxylic acids is 1. The number of benzene rings is 2. The minimum Gasteiger partial charge on any atom is -0.481 e. The fraction of sp³-hybridized carbons (Fsp3) is 0.318. The van der Waals surface area contributed by atoms with Crippen LogP contribution in [0.5, 0.6) is 0 Å². The highest BCUT2D eigenvalue weighted by molar-refractivity contribution is 5.98. The van der Waals surface area contributed by atoms with Crippen LogP contribution >= 0.6 is 0 Å². The molecule has 7 heteroatoms. The second-order valence-corrected chi connectivity index (χ2v) is 6.94. The molecule has 29 heavy (non-hydrogen) atoms. The molecule has 1 fully saturated rings. The minimum atomic E-state index is -0.918. The van der Waals surface area contributed by atoms with E-state index in [1.165, 1.54) is 0 Å². The summed E-state index contributed by atoms with van der Waals surface area (Å²) in [6, 6.07) is 15.5. The molecule has 2 atom stereocenters. The lowest BCUT2D eigenvalue weighted by Crippen LogP contribution is -2.29. The van der Waals surface area contributed by atoms with Crippen LogP contribution in [0.4, 0.5) is 5.69 Å². The summed E-state index contributed by atoms with van der Waals surface area (Å²) >= 11 is 0. The van der Waals surface area contributed by atoms with Crippen LogP contribution in [0.15, 0.2) is 54.6 Å². The number of carbonyl (C=O) groups excluding carboxylic acids is 2. The largest absolute Gasteiger partial charge is 0.481 e. The van der Waals surface area contributed by atoms with Gasteiger partial charge in [-0.15, -0.1) is 0 Å². The lowest BCUT2D eigenvalue weighted by molar-refractivity contribution is -0.137. The number of carboxylic acid groups (broad SMARTS) is 1. The van der Waals surface area contributed by atoms with E-state index in [2.05, 4.69) is 10.6 Å². The van der Waals surface area contributed by atoms with Gasteiger partial charge in [-0.2, -0.15) is 0 Å². The van der Waals surface area contributed by atoms with Crippen molar-refractivity contribution >= 4 is 23.5 Å². The van der Waals surface area contributed by atoms with Crippen molar-refractivity contribution in [3.63, 3.8) is 0 Å². The molecule has 1 aliphatic heterocycles. The average Bonchev–Trinajstić information content (AvgIpc) is 3.27. The van der Waals surface area contributed by atoms with E-state index in [1.54, 1.807) is 24.3 Å². The highest BCUT2D eigenvalue weighted by Gasteiger charge is 2.24. The van der Waals surface area contributed by atoms with Crippen LogP contribution < -0.4 is 10.6 Å². The molecule has 0 bridgehead atoms. The van der Waals surface area contributed by atoms with Crippen molar-refractivity contribution in [1.82, 2.24) is 5.32 Å². The Morgan fingerprint density at radius 3 is 2.59 bits per heavy atom. The second-order valence-electron chi connectivity index (χ2n) is 6.94. The maximum absolute atomic E-state index is 12.8. The molecule has 0 aromatic heterocycles. The summed E-state index contributed by atoms with van der Waals surface area (Å²) in [5, 5.41) is 14.7. The Morgan fingerprint density at radius 2 is 1.90 bits per heavy atom. The first-order valence-electron chi connectivity index (χ1n) is 9.63. The molecule has 0 radical (unpaired) electrons. The Balaban J connectivity index is 1.69. The Hall–Kier alpha value is -3.19. The number of carboxylic acids is 1. The number of ether oxygens (including phenoxy) is 1. The van der Waals surface area contributed by atoms with Gasteiger partial charge in [-0.05, 0) is 43.0 Å². The normalized spacial score (nSPS) is 16.8. The van der Waals surface area contributed by atoms with Gasteiger partial charge in [-0.25, -0.2) is 0 Å². The van der Waals surface area contributed by atoms with Crippen LogP contribution in [0.25, 0.3) is 0 Å². The van der Waals surface area contributed by atoms with E-state index >= 15 is 0 Å². The van der Waals surface area contributed by atoms with E-state index in [1.807, 2.05) is 30.3 Å². The van der Waals surface area contributed by atoms with Crippen LogP contribution in [-0.4, -0.2) is 35.6 Å². The summed E-state index contributed by atoms with van der Waals surface area (Å²) in [4.78, 5) is 36.0. The number of anilines is 1. The summed E-state index contributed by atoms with van der Waals surface area (Å²) < 4.78 is 5.37.